The maximum atomic E-state index is 15.1. The van der Waals surface area contributed by atoms with Crippen molar-refractivity contribution in [3.05, 3.63) is 82.7 Å². The summed E-state index contributed by atoms with van der Waals surface area (Å²) in [6.45, 7) is 2.26. The van der Waals surface area contributed by atoms with Crippen molar-refractivity contribution in [1.82, 2.24) is 0 Å². The number of hydrogen-bond acceptors (Lipinski definition) is 0. The minimum Gasteiger partial charge on any atom is -0.205 e. The molecule has 0 heterocycles. The van der Waals surface area contributed by atoms with Gasteiger partial charge in [0.25, 0.3) is 0 Å². The summed E-state index contributed by atoms with van der Waals surface area (Å²) in [6.07, 6.45) is 8.64. The van der Waals surface area contributed by atoms with Gasteiger partial charge in [-0.3, -0.25) is 0 Å². The van der Waals surface area contributed by atoms with Crippen LogP contribution < -0.4 is 0 Å². The van der Waals surface area contributed by atoms with Gasteiger partial charge in [0, 0.05) is 10.9 Å². The van der Waals surface area contributed by atoms with Gasteiger partial charge in [-0.1, -0.05) is 94.4 Å². The molecule has 0 saturated heterocycles. The van der Waals surface area contributed by atoms with Crippen molar-refractivity contribution in [3.8, 4) is 11.8 Å². The second-order valence-electron chi connectivity index (χ2n) is 10.2. The van der Waals surface area contributed by atoms with Gasteiger partial charge in [-0.2, -0.15) is 13.2 Å². The Hall–Kier alpha value is -2.80. The van der Waals surface area contributed by atoms with Crippen molar-refractivity contribution in [1.29, 1.82) is 0 Å². The molecule has 0 N–H and O–H groups in total. The third-order valence-corrected chi connectivity index (χ3v) is 7.60. The van der Waals surface area contributed by atoms with E-state index in [1.54, 1.807) is 6.07 Å². The standard InChI is InChI=1S/C32H34F4/c1-2-3-4-5-23-6-8-24(9-7-23)10-11-26-15-21-30-28(22-26)18-17-27(31(30)33)16-12-25-13-19-29(20-14-25)32(34,35)36/h13-15,17-24H,2-11H2,1H3. The van der Waals surface area contributed by atoms with Crippen LogP contribution >= 0.6 is 0 Å². The number of alkyl halides is 3. The second-order valence-corrected chi connectivity index (χ2v) is 10.2. The maximum absolute atomic E-state index is 15.1. The summed E-state index contributed by atoms with van der Waals surface area (Å²) < 4.78 is 53.3. The van der Waals surface area contributed by atoms with Crippen molar-refractivity contribution in [2.45, 2.75) is 77.3 Å². The summed E-state index contributed by atoms with van der Waals surface area (Å²) in [5.41, 5.74) is 1.16. The molecule has 4 rings (SSSR count). The van der Waals surface area contributed by atoms with Gasteiger partial charge < -0.3 is 0 Å². The molecule has 0 aliphatic heterocycles. The molecule has 1 saturated carbocycles. The Morgan fingerprint density at radius 1 is 0.806 bits per heavy atom. The predicted molar refractivity (Wildman–Crippen MR) is 139 cm³/mol. The normalized spacial score (nSPS) is 18.1. The fraction of sp³-hybridized carbons (Fsp3) is 0.438. The molecule has 4 heteroatoms. The number of unbranched alkanes of at least 4 members (excludes halogenated alkanes) is 2. The summed E-state index contributed by atoms with van der Waals surface area (Å²) in [6, 6.07) is 14.0. The molecule has 1 fully saturated rings. The highest BCUT2D eigenvalue weighted by atomic mass is 19.4. The smallest absolute Gasteiger partial charge is 0.205 e. The predicted octanol–water partition coefficient (Wildman–Crippen LogP) is 9.72. The summed E-state index contributed by atoms with van der Waals surface area (Å²) in [5.74, 6) is 6.88. The van der Waals surface area contributed by atoms with E-state index in [2.05, 4.69) is 24.8 Å². The van der Waals surface area contributed by atoms with Crippen molar-refractivity contribution in [2.24, 2.45) is 11.8 Å². The number of benzene rings is 3. The van der Waals surface area contributed by atoms with E-state index in [0.717, 1.165) is 35.8 Å². The highest BCUT2D eigenvalue weighted by Crippen LogP contribution is 2.34. The first-order chi connectivity index (χ1) is 17.3. The first-order valence-electron chi connectivity index (χ1n) is 13.2. The number of fused-ring (bicyclic) bond motifs is 1. The Kier molecular flexibility index (Phi) is 8.72. The lowest BCUT2D eigenvalue weighted by Gasteiger charge is -2.28. The molecule has 0 atom stereocenters. The molecule has 3 aromatic rings. The van der Waals surface area contributed by atoms with E-state index in [1.807, 2.05) is 18.2 Å². The van der Waals surface area contributed by atoms with Crippen molar-refractivity contribution in [3.63, 3.8) is 0 Å². The van der Waals surface area contributed by atoms with Crippen molar-refractivity contribution < 1.29 is 17.6 Å². The Labute approximate surface area is 212 Å². The van der Waals surface area contributed by atoms with E-state index in [4.69, 9.17) is 0 Å². The first-order valence-corrected chi connectivity index (χ1v) is 13.2. The van der Waals surface area contributed by atoms with Crippen LogP contribution in [0.4, 0.5) is 17.6 Å². The van der Waals surface area contributed by atoms with Crippen LogP contribution in [-0.2, 0) is 12.6 Å². The monoisotopic (exact) mass is 494 g/mol. The third-order valence-electron chi connectivity index (χ3n) is 7.60. The molecule has 0 spiro atoms. The molecule has 0 radical (unpaired) electrons. The average Bonchev–Trinajstić information content (AvgIpc) is 2.88. The third kappa shape index (κ3) is 6.90. The fourth-order valence-corrected chi connectivity index (χ4v) is 5.34. The highest BCUT2D eigenvalue weighted by Gasteiger charge is 2.29. The lowest BCUT2D eigenvalue weighted by Crippen LogP contribution is -2.15. The van der Waals surface area contributed by atoms with Gasteiger partial charge in [-0.15, -0.1) is 0 Å². The van der Waals surface area contributed by atoms with Gasteiger partial charge in [0.1, 0.15) is 5.82 Å². The van der Waals surface area contributed by atoms with Crippen LogP contribution in [0.1, 0.15) is 87.0 Å². The first kappa shape index (κ1) is 26.3. The van der Waals surface area contributed by atoms with Crippen molar-refractivity contribution in [2.75, 3.05) is 0 Å². The summed E-state index contributed by atoms with van der Waals surface area (Å²) >= 11 is 0. The van der Waals surface area contributed by atoms with Crippen LogP contribution in [0.3, 0.4) is 0 Å². The zero-order valence-corrected chi connectivity index (χ0v) is 20.9. The molecule has 0 bridgehead atoms. The van der Waals surface area contributed by atoms with E-state index in [0.29, 0.717) is 10.9 Å². The number of halogens is 4. The Morgan fingerprint density at radius 2 is 1.50 bits per heavy atom. The van der Waals surface area contributed by atoms with Gasteiger partial charge >= 0.3 is 6.18 Å². The largest absolute Gasteiger partial charge is 0.416 e. The van der Waals surface area contributed by atoms with Gasteiger partial charge in [0.2, 0.25) is 0 Å². The lowest BCUT2D eigenvalue weighted by molar-refractivity contribution is -0.137. The number of rotatable bonds is 7. The number of aryl methyl sites for hydroxylation is 1. The van der Waals surface area contributed by atoms with E-state index >= 15 is 4.39 Å². The molecule has 0 amide bonds. The molecule has 190 valence electrons. The molecule has 0 nitrogen and oxygen atoms in total. The Balaban J connectivity index is 1.36. The molecule has 0 aromatic heterocycles. The van der Waals surface area contributed by atoms with Crippen LogP contribution in [0.25, 0.3) is 10.8 Å². The van der Waals surface area contributed by atoms with Gasteiger partial charge in [-0.25, -0.2) is 4.39 Å². The second kappa shape index (κ2) is 12.0. The molecule has 3 aromatic carbocycles. The quantitative estimate of drug-likeness (QED) is 0.174. The minimum atomic E-state index is -4.39. The molecular weight excluding hydrogens is 460 g/mol. The Morgan fingerprint density at radius 3 is 2.17 bits per heavy atom. The summed E-state index contributed by atoms with van der Waals surface area (Å²) in [7, 11) is 0. The fourth-order valence-electron chi connectivity index (χ4n) is 5.34. The van der Waals surface area contributed by atoms with Crippen molar-refractivity contribution >= 4 is 10.8 Å². The van der Waals surface area contributed by atoms with Crippen LogP contribution in [-0.4, -0.2) is 0 Å². The molecule has 0 unspecified atom stereocenters. The SMILES string of the molecule is CCCCCC1CCC(CCc2ccc3c(F)c(C#Cc4ccc(C(F)(F)F)cc4)ccc3c2)CC1. The van der Waals surface area contributed by atoms with E-state index in [9.17, 15) is 13.2 Å². The van der Waals surface area contributed by atoms with Gasteiger partial charge in [0.05, 0.1) is 11.1 Å². The number of hydrogen-bond donors (Lipinski definition) is 0. The maximum Gasteiger partial charge on any atom is 0.416 e. The highest BCUT2D eigenvalue weighted by molar-refractivity contribution is 5.85. The van der Waals surface area contributed by atoms with Crippen LogP contribution in [0.2, 0.25) is 0 Å². The van der Waals surface area contributed by atoms with E-state index < -0.39 is 11.7 Å². The summed E-state index contributed by atoms with van der Waals surface area (Å²) in [5, 5.41) is 1.37. The van der Waals surface area contributed by atoms with E-state index in [-0.39, 0.29) is 11.4 Å². The van der Waals surface area contributed by atoms with Crippen LogP contribution in [0.15, 0.2) is 54.6 Å². The van der Waals surface area contributed by atoms with Gasteiger partial charge in [-0.05, 0) is 66.0 Å². The molecule has 1 aliphatic carbocycles. The topological polar surface area (TPSA) is 0 Å². The average molecular weight is 495 g/mol. The Bertz CT molecular complexity index is 1200. The molecular formula is C32H34F4. The molecule has 36 heavy (non-hydrogen) atoms. The minimum absolute atomic E-state index is 0.242. The van der Waals surface area contributed by atoms with Crippen LogP contribution in [0, 0.1) is 29.5 Å². The zero-order chi connectivity index (χ0) is 25.5. The molecule has 1 aliphatic rings. The lowest BCUT2D eigenvalue weighted by atomic mass is 9.77. The zero-order valence-electron chi connectivity index (χ0n) is 20.9. The van der Waals surface area contributed by atoms with Crippen LogP contribution in [0.5, 0.6) is 0 Å². The van der Waals surface area contributed by atoms with E-state index in [1.165, 1.54) is 75.5 Å². The summed E-state index contributed by atoms with van der Waals surface area (Å²) in [4.78, 5) is 0. The van der Waals surface area contributed by atoms with Gasteiger partial charge in [0.15, 0.2) is 0 Å².